The van der Waals surface area contributed by atoms with Crippen LogP contribution in [0.5, 0.6) is 0 Å². The highest BCUT2D eigenvalue weighted by molar-refractivity contribution is 8.00. The molecule has 0 unspecified atom stereocenters. The van der Waals surface area contributed by atoms with Gasteiger partial charge in [-0.2, -0.15) is 0 Å². The van der Waals surface area contributed by atoms with Crippen LogP contribution in [-0.4, -0.2) is 44.1 Å². The van der Waals surface area contributed by atoms with Crippen LogP contribution in [0.1, 0.15) is 60.5 Å². The summed E-state index contributed by atoms with van der Waals surface area (Å²) in [5.41, 5.74) is 12.9. The number of imidazole rings is 1. The van der Waals surface area contributed by atoms with Crippen molar-refractivity contribution in [2.75, 3.05) is 25.4 Å². The SMILES string of the molecule is C=CSNCCN(Cc1ccc(-n2c(-c3cccnc3N)nc3ccc(-c4ccccc4)nc32)cc1)CC(C)C.CC.CCC(C)C. The van der Waals surface area contributed by atoms with Gasteiger partial charge >= 0.3 is 0 Å². The second kappa shape index (κ2) is 19.6. The number of hydrogen-bond donors (Lipinski definition) is 2. The quantitative estimate of drug-likeness (QED) is 0.0969. The molecule has 3 heterocycles. The molecule has 3 aromatic heterocycles. The molecular formula is C39H53N7S. The number of nitrogens with one attached hydrogen (secondary N) is 1. The molecule has 0 aliphatic carbocycles. The van der Waals surface area contributed by atoms with Crippen LogP contribution >= 0.6 is 11.9 Å². The van der Waals surface area contributed by atoms with Gasteiger partial charge in [-0.1, -0.05) is 116 Å². The molecule has 2 aromatic carbocycles. The van der Waals surface area contributed by atoms with Gasteiger partial charge in [0.25, 0.3) is 0 Å². The van der Waals surface area contributed by atoms with E-state index >= 15 is 0 Å². The Morgan fingerprint density at radius 2 is 1.62 bits per heavy atom. The predicted molar refractivity (Wildman–Crippen MR) is 204 cm³/mol. The molecule has 47 heavy (non-hydrogen) atoms. The van der Waals surface area contributed by atoms with Gasteiger partial charge in [-0.3, -0.25) is 14.2 Å². The molecule has 0 radical (unpaired) electrons. The maximum atomic E-state index is 6.32. The number of hydrogen-bond acceptors (Lipinski definition) is 7. The Kier molecular flexibility index (Phi) is 15.7. The lowest BCUT2D eigenvalue weighted by Crippen LogP contribution is -2.32. The topological polar surface area (TPSA) is 84.9 Å². The summed E-state index contributed by atoms with van der Waals surface area (Å²) in [7, 11) is 0. The normalized spacial score (nSPS) is 10.9. The zero-order valence-corrected chi connectivity index (χ0v) is 30.1. The summed E-state index contributed by atoms with van der Waals surface area (Å²) in [6, 6.07) is 26.7. The van der Waals surface area contributed by atoms with Crippen molar-refractivity contribution in [1.82, 2.24) is 29.1 Å². The lowest BCUT2D eigenvalue weighted by atomic mass is 10.1. The number of anilines is 1. The molecule has 0 amide bonds. The number of pyridine rings is 2. The number of rotatable bonds is 13. The zero-order valence-electron chi connectivity index (χ0n) is 29.3. The molecule has 0 fully saturated rings. The molecule has 7 nitrogen and oxygen atoms in total. The van der Waals surface area contributed by atoms with Crippen LogP contribution in [0, 0.1) is 11.8 Å². The fraction of sp³-hybridized carbons (Fsp3) is 0.359. The van der Waals surface area contributed by atoms with E-state index in [1.165, 1.54) is 23.9 Å². The van der Waals surface area contributed by atoms with Crippen molar-refractivity contribution in [3.8, 4) is 28.3 Å². The Morgan fingerprint density at radius 3 is 2.23 bits per heavy atom. The molecule has 250 valence electrons. The Hall–Kier alpha value is -3.98. The summed E-state index contributed by atoms with van der Waals surface area (Å²) >= 11 is 1.54. The maximum Gasteiger partial charge on any atom is 0.165 e. The van der Waals surface area contributed by atoms with Crippen molar-refractivity contribution in [3.05, 3.63) is 103 Å². The van der Waals surface area contributed by atoms with Crippen LogP contribution < -0.4 is 10.5 Å². The number of fused-ring (bicyclic) bond motifs is 1. The van der Waals surface area contributed by atoms with Gasteiger partial charge in [0.2, 0.25) is 0 Å². The summed E-state index contributed by atoms with van der Waals surface area (Å²) in [4.78, 5) is 16.8. The highest BCUT2D eigenvalue weighted by Crippen LogP contribution is 2.31. The third-order valence-corrected chi connectivity index (χ3v) is 7.93. The van der Waals surface area contributed by atoms with E-state index in [-0.39, 0.29) is 0 Å². The van der Waals surface area contributed by atoms with Gasteiger partial charge in [0.15, 0.2) is 11.5 Å². The Morgan fingerprint density at radius 1 is 0.915 bits per heavy atom. The highest BCUT2D eigenvalue weighted by atomic mass is 32.2. The van der Waals surface area contributed by atoms with E-state index in [4.69, 9.17) is 15.7 Å². The zero-order chi connectivity index (χ0) is 34.2. The van der Waals surface area contributed by atoms with E-state index in [0.717, 1.165) is 71.6 Å². The molecule has 8 heteroatoms. The van der Waals surface area contributed by atoms with E-state index in [2.05, 4.69) is 96.8 Å². The van der Waals surface area contributed by atoms with Gasteiger partial charge in [-0.05, 0) is 59.2 Å². The molecule has 5 rings (SSSR count). The second-order valence-corrected chi connectivity index (χ2v) is 12.7. The van der Waals surface area contributed by atoms with Crippen LogP contribution in [-0.2, 0) is 6.54 Å². The van der Waals surface area contributed by atoms with Gasteiger partial charge < -0.3 is 5.73 Å². The fourth-order valence-corrected chi connectivity index (χ4v) is 5.17. The van der Waals surface area contributed by atoms with Crippen molar-refractivity contribution in [1.29, 1.82) is 0 Å². The first-order valence-corrected chi connectivity index (χ1v) is 17.7. The molecular weight excluding hydrogens is 599 g/mol. The molecule has 0 aliphatic rings. The Balaban J connectivity index is 0.000000784. The van der Waals surface area contributed by atoms with Gasteiger partial charge in [-0.15, -0.1) is 0 Å². The number of nitrogens with two attached hydrogens (primary N) is 1. The van der Waals surface area contributed by atoms with E-state index < -0.39 is 0 Å². The van der Waals surface area contributed by atoms with Crippen LogP contribution in [0.2, 0.25) is 0 Å². The average molecular weight is 652 g/mol. The van der Waals surface area contributed by atoms with E-state index in [0.29, 0.717) is 11.7 Å². The summed E-state index contributed by atoms with van der Waals surface area (Å²) in [6.07, 6.45) is 3.00. The smallest absolute Gasteiger partial charge is 0.165 e. The lowest BCUT2D eigenvalue weighted by molar-refractivity contribution is 0.241. The fourth-order valence-electron chi connectivity index (χ4n) is 4.84. The lowest BCUT2D eigenvalue weighted by Gasteiger charge is -2.24. The van der Waals surface area contributed by atoms with Crippen molar-refractivity contribution in [2.45, 2.75) is 61.4 Å². The van der Waals surface area contributed by atoms with Gasteiger partial charge in [0.05, 0.1) is 11.3 Å². The molecule has 0 aliphatic heterocycles. The first-order valence-electron chi connectivity index (χ1n) is 16.8. The minimum absolute atomic E-state index is 0.437. The molecule has 0 atom stereocenters. The molecule has 5 aromatic rings. The number of benzene rings is 2. The van der Waals surface area contributed by atoms with Gasteiger partial charge in [-0.25, -0.2) is 15.0 Å². The first-order chi connectivity index (χ1) is 22.8. The second-order valence-electron chi connectivity index (χ2n) is 11.9. The first kappa shape index (κ1) is 37.5. The van der Waals surface area contributed by atoms with Crippen LogP contribution in [0.25, 0.3) is 39.5 Å². The van der Waals surface area contributed by atoms with Gasteiger partial charge in [0.1, 0.15) is 11.3 Å². The number of nitrogens with zero attached hydrogens (tertiary/aromatic N) is 5. The third kappa shape index (κ3) is 11.1. The molecule has 0 saturated carbocycles. The molecule has 0 spiro atoms. The average Bonchev–Trinajstić information content (AvgIpc) is 3.47. The number of aromatic nitrogens is 4. The van der Waals surface area contributed by atoms with E-state index in [1.807, 2.05) is 61.7 Å². The molecule has 3 N–H and O–H groups in total. The Labute approximate surface area is 286 Å². The van der Waals surface area contributed by atoms with Crippen LogP contribution in [0.3, 0.4) is 0 Å². The molecule has 0 saturated heterocycles. The number of nitrogen functional groups attached to an aromatic ring is 1. The van der Waals surface area contributed by atoms with E-state index in [1.54, 1.807) is 6.20 Å². The third-order valence-electron chi connectivity index (χ3n) is 7.39. The predicted octanol–water partition coefficient (Wildman–Crippen LogP) is 9.65. The van der Waals surface area contributed by atoms with Crippen molar-refractivity contribution in [3.63, 3.8) is 0 Å². The Bertz CT molecular complexity index is 1630. The van der Waals surface area contributed by atoms with Crippen molar-refractivity contribution >= 4 is 28.9 Å². The van der Waals surface area contributed by atoms with Crippen LogP contribution in [0.15, 0.2) is 97.0 Å². The molecule has 0 bridgehead atoms. The largest absolute Gasteiger partial charge is 0.383 e. The monoisotopic (exact) mass is 651 g/mol. The van der Waals surface area contributed by atoms with Crippen LogP contribution in [0.4, 0.5) is 5.82 Å². The summed E-state index contributed by atoms with van der Waals surface area (Å²) < 4.78 is 5.42. The summed E-state index contributed by atoms with van der Waals surface area (Å²) in [5, 5.41) is 1.82. The summed E-state index contributed by atoms with van der Waals surface area (Å²) in [6.45, 7) is 22.7. The van der Waals surface area contributed by atoms with Crippen molar-refractivity contribution in [2.24, 2.45) is 11.8 Å². The standard InChI is InChI=1S/C32H35N7S.C5H12.C2H6/c1-4-40-35-19-20-38(21-23(2)3)22-24-12-14-26(15-13-24)39-31(27-11-8-18-34-30(27)33)37-29-17-16-28(36-32(29)39)25-9-6-5-7-10-25;1-4-5(2)3;1-2/h4-18,23,35H,1,19-22H2,2-3H3,(H2,33,34);5H,4H2,1-3H3;1-2H3. The minimum Gasteiger partial charge on any atom is -0.383 e. The van der Waals surface area contributed by atoms with E-state index in [9.17, 15) is 0 Å². The van der Waals surface area contributed by atoms with Gasteiger partial charge in [0, 0.05) is 43.6 Å². The maximum absolute atomic E-state index is 6.32. The summed E-state index contributed by atoms with van der Waals surface area (Å²) in [5.74, 6) is 2.63. The highest BCUT2D eigenvalue weighted by Gasteiger charge is 2.19. The van der Waals surface area contributed by atoms with Crippen molar-refractivity contribution < 1.29 is 0 Å². The minimum atomic E-state index is 0.437.